The first-order chi connectivity index (χ1) is 8.24. The van der Waals surface area contributed by atoms with Crippen LogP contribution < -0.4 is 4.74 Å². The first-order valence-electron chi connectivity index (χ1n) is 6.07. The molecule has 1 aromatic rings. The van der Waals surface area contributed by atoms with Gasteiger partial charge in [0.1, 0.15) is 5.75 Å². The molecule has 0 saturated carbocycles. The third kappa shape index (κ3) is 2.67. The zero-order chi connectivity index (χ0) is 12.3. The van der Waals surface area contributed by atoms with Crippen LogP contribution in [0.1, 0.15) is 30.4 Å². The average Bonchev–Trinajstić information content (AvgIpc) is 2.78. The van der Waals surface area contributed by atoms with Crippen molar-refractivity contribution in [2.75, 3.05) is 13.7 Å². The molecule has 0 saturated heterocycles. The van der Waals surface area contributed by atoms with E-state index in [2.05, 4.69) is 18.0 Å². The number of nitrogens with zero attached hydrogens (tertiary/aromatic N) is 1. The van der Waals surface area contributed by atoms with Crippen LogP contribution in [0.5, 0.6) is 5.75 Å². The van der Waals surface area contributed by atoms with Gasteiger partial charge in [-0.1, -0.05) is 0 Å². The van der Waals surface area contributed by atoms with Crippen LogP contribution in [0.25, 0.3) is 0 Å². The summed E-state index contributed by atoms with van der Waals surface area (Å²) in [6, 6.07) is 6.40. The molecule has 3 nitrogen and oxygen atoms in total. The van der Waals surface area contributed by atoms with E-state index in [0.717, 1.165) is 25.0 Å². The SMILES string of the molecule is COc1ccc(C2=NC(CCO)CC2)c(C)c1. The normalized spacial score (nSPS) is 19.2. The summed E-state index contributed by atoms with van der Waals surface area (Å²) in [5.41, 5.74) is 3.59. The van der Waals surface area contributed by atoms with E-state index in [9.17, 15) is 0 Å². The predicted octanol–water partition coefficient (Wildman–Crippen LogP) is 2.34. The second-order valence-corrected chi connectivity index (χ2v) is 4.46. The fourth-order valence-corrected chi connectivity index (χ4v) is 2.30. The summed E-state index contributed by atoms with van der Waals surface area (Å²) in [4.78, 5) is 4.68. The lowest BCUT2D eigenvalue weighted by Gasteiger charge is -2.07. The van der Waals surface area contributed by atoms with Crippen molar-refractivity contribution in [3.05, 3.63) is 29.3 Å². The van der Waals surface area contributed by atoms with Crippen molar-refractivity contribution in [2.45, 2.75) is 32.2 Å². The van der Waals surface area contributed by atoms with Crippen molar-refractivity contribution in [2.24, 2.45) is 4.99 Å². The summed E-state index contributed by atoms with van der Waals surface area (Å²) in [6.07, 6.45) is 2.85. The minimum atomic E-state index is 0.225. The van der Waals surface area contributed by atoms with Gasteiger partial charge in [-0.2, -0.15) is 0 Å². The Morgan fingerprint density at radius 2 is 2.29 bits per heavy atom. The summed E-state index contributed by atoms with van der Waals surface area (Å²) in [5.74, 6) is 0.886. The van der Waals surface area contributed by atoms with E-state index < -0.39 is 0 Å². The number of aliphatic hydroxyl groups is 1. The largest absolute Gasteiger partial charge is 0.497 e. The number of hydrogen-bond donors (Lipinski definition) is 1. The first-order valence-corrected chi connectivity index (χ1v) is 6.07. The van der Waals surface area contributed by atoms with E-state index in [1.807, 2.05) is 12.1 Å². The summed E-state index contributed by atoms with van der Waals surface area (Å²) in [6.45, 7) is 2.31. The first kappa shape index (κ1) is 12.1. The van der Waals surface area contributed by atoms with Crippen LogP contribution in [0.4, 0.5) is 0 Å². The Kier molecular flexibility index (Phi) is 3.79. The molecule has 17 heavy (non-hydrogen) atoms. The Morgan fingerprint density at radius 3 is 2.94 bits per heavy atom. The van der Waals surface area contributed by atoms with Crippen LogP contribution in [-0.4, -0.2) is 30.6 Å². The van der Waals surface area contributed by atoms with Crippen molar-refractivity contribution in [3.8, 4) is 5.75 Å². The molecule has 0 aromatic heterocycles. The van der Waals surface area contributed by atoms with E-state index in [-0.39, 0.29) is 6.61 Å². The molecule has 92 valence electrons. The van der Waals surface area contributed by atoms with E-state index in [1.165, 1.54) is 16.8 Å². The molecule has 2 rings (SSSR count). The molecule has 0 fully saturated rings. The van der Waals surface area contributed by atoms with Crippen molar-refractivity contribution in [1.82, 2.24) is 0 Å². The van der Waals surface area contributed by atoms with Crippen molar-refractivity contribution < 1.29 is 9.84 Å². The molecule has 3 heteroatoms. The Bertz CT molecular complexity index is 426. The molecule has 1 N–H and O–H groups in total. The molecule has 1 heterocycles. The van der Waals surface area contributed by atoms with E-state index in [1.54, 1.807) is 7.11 Å². The molecule has 0 radical (unpaired) electrons. The van der Waals surface area contributed by atoms with Gasteiger partial charge in [0, 0.05) is 12.3 Å². The van der Waals surface area contributed by atoms with Crippen LogP contribution in [0.15, 0.2) is 23.2 Å². The van der Waals surface area contributed by atoms with Crippen LogP contribution in [-0.2, 0) is 0 Å². The third-order valence-corrected chi connectivity index (χ3v) is 3.26. The number of aliphatic hydroxyl groups excluding tert-OH is 1. The third-order valence-electron chi connectivity index (χ3n) is 3.26. The number of ether oxygens (including phenoxy) is 1. The van der Waals surface area contributed by atoms with Gasteiger partial charge in [-0.05, 0) is 55.5 Å². The molecule has 0 amide bonds. The maximum atomic E-state index is 8.92. The molecule has 1 aliphatic heterocycles. The molecule has 0 spiro atoms. The fraction of sp³-hybridized carbons (Fsp3) is 0.500. The predicted molar refractivity (Wildman–Crippen MR) is 69.0 cm³/mol. The van der Waals surface area contributed by atoms with Gasteiger partial charge in [0.25, 0.3) is 0 Å². The lowest BCUT2D eigenvalue weighted by molar-refractivity contribution is 0.276. The lowest BCUT2D eigenvalue weighted by atomic mass is 10.0. The number of methoxy groups -OCH3 is 1. The highest BCUT2D eigenvalue weighted by Gasteiger charge is 2.19. The zero-order valence-corrected chi connectivity index (χ0v) is 10.4. The highest BCUT2D eigenvalue weighted by Crippen LogP contribution is 2.24. The maximum absolute atomic E-state index is 8.92. The van der Waals surface area contributed by atoms with Gasteiger partial charge in [-0.3, -0.25) is 4.99 Å². The van der Waals surface area contributed by atoms with Crippen LogP contribution in [0.2, 0.25) is 0 Å². The van der Waals surface area contributed by atoms with Gasteiger partial charge in [0.05, 0.1) is 13.2 Å². The van der Waals surface area contributed by atoms with Gasteiger partial charge in [0.15, 0.2) is 0 Å². The molecule has 1 aliphatic rings. The molecule has 1 aromatic carbocycles. The summed E-state index contributed by atoms with van der Waals surface area (Å²) in [5, 5.41) is 8.92. The summed E-state index contributed by atoms with van der Waals surface area (Å²) >= 11 is 0. The monoisotopic (exact) mass is 233 g/mol. The minimum absolute atomic E-state index is 0.225. The van der Waals surface area contributed by atoms with E-state index >= 15 is 0 Å². The van der Waals surface area contributed by atoms with Crippen molar-refractivity contribution in [1.29, 1.82) is 0 Å². The van der Waals surface area contributed by atoms with Crippen molar-refractivity contribution >= 4 is 5.71 Å². The summed E-state index contributed by atoms with van der Waals surface area (Å²) < 4.78 is 5.20. The highest BCUT2D eigenvalue weighted by molar-refractivity contribution is 6.03. The topological polar surface area (TPSA) is 41.8 Å². The van der Waals surface area contributed by atoms with Crippen LogP contribution in [0.3, 0.4) is 0 Å². The van der Waals surface area contributed by atoms with Gasteiger partial charge in [0.2, 0.25) is 0 Å². The van der Waals surface area contributed by atoms with E-state index in [4.69, 9.17) is 9.84 Å². The number of hydrogen-bond acceptors (Lipinski definition) is 3. The Morgan fingerprint density at radius 1 is 1.47 bits per heavy atom. The lowest BCUT2D eigenvalue weighted by Crippen LogP contribution is -2.02. The highest BCUT2D eigenvalue weighted by atomic mass is 16.5. The maximum Gasteiger partial charge on any atom is 0.119 e. The molecule has 0 aliphatic carbocycles. The van der Waals surface area contributed by atoms with Gasteiger partial charge in [-0.25, -0.2) is 0 Å². The molecule has 0 bridgehead atoms. The quantitative estimate of drug-likeness (QED) is 0.867. The second-order valence-electron chi connectivity index (χ2n) is 4.46. The zero-order valence-electron chi connectivity index (χ0n) is 10.4. The van der Waals surface area contributed by atoms with Gasteiger partial charge < -0.3 is 9.84 Å². The second kappa shape index (κ2) is 5.32. The summed E-state index contributed by atoms with van der Waals surface area (Å²) in [7, 11) is 1.68. The Labute approximate surface area is 102 Å². The van der Waals surface area contributed by atoms with Gasteiger partial charge in [-0.15, -0.1) is 0 Å². The molecule has 1 atom stereocenters. The number of benzene rings is 1. The standard InChI is InChI=1S/C14H19NO2/c1-10-9-12(17-2)4-5-13(10)14-6-3-11(15-14)7-8-16/h4-5,9,11,16H,3,6-8H2,1-2H3. The smallest absolute Gasteiger partial charge is 0.119 e. The number of aliphatic imine (C=N–C) groups is 1. The Hall–Kier alpha value is -1.35. The molecule has 1 unspecified atom stereocenters. The number of rotatable bonds is 4. The van der Waals surface area contributed by atoms with E-state index in [0.29, 0.717) is 6.04 Å². The van der Waals surface area contributed by atoms with Crippen molar-refractivity contribution in [3.63, 3.8) is 0 Å². The van der Waals surface area contributed by atoms with Crippen LogP contribution in [0, 0.1) is 6.92 Å². The fourth-order valence-electron chi connectivity index (χ4n) is 2.30. The average molecular weight is 233 g/mol. The van der Waals surface area contributed by atoms with Gasteiger partial charge >= 0.3 is 0 Å². The molecular formula is C14H19NO2. The number of aryl methyl sites for hydroxylation is 1. The Balaban J connectivity index is 2.20. The van der Waals surface area contributed by atoms with Crippen LogP contribution >= 0.6 is 0 Å². The molecular weight excluding hydrogens is 214 g/mol. The minimum Gasteiger partial charge on any atom is -0.497 e.